The number of rotatable bonds is 2. The summed E-state index contributed by atoms with van der Waals surface area (Å²) < 4.78 is 146. The Hall–Kier alpha value is -3.57. The van der Waals surface area contributed by atoms with Crippen molar-refractivity contribution in [1.29, 1.82) is 0 Å². The third-order valence-corrected chi connectivity index (χ3v) is 8.04. The standard InChI is InChI=1S/C29H21F10N2/c1-16-4-2-3-5-19(16)24-20-8-6-17(40-12-25(30,31)13-40)10-22(20)27(28(34,35)36,29(37,38)39)23-11-18(7-9-21(23)24)41-14-26(32,33)15-41/h2-11H,12-15H2,1H3/q+1. The van der Waals surface area contributed by atoms with Gasteiger partial charge >= 0.3 is 18.3 Å². The zero-order chi connectivity index (χ0) is 29.8. The van der Waals surface area contributed by atoms with Gasteiger partial charge in [-0.05, 0) is 64.1 Å². The Labute approximate surface area is 227 Å². The summed E-state index contributed by atoms with van der Waals surface area (Å²) in [6, 6.07) is 9.53. The molecule has 2 aromatic carbocycles. The van der Waals surface area contributed by atoms with Crippen molar-refractivity contribution in [2.45, 2.75) is 36.5 Å². The molecule has 2 fully saturated rings. The number of anilines is 1. The lowest BCUT2D eigenvalue weighted by Gasteiger charge is -2.46. The van der Waals surface area contributed by atoms with Crippen LogP contribution in [-0.2, 0) is 5.41 Å². The highest BCUT2D eigenvalue weighted by Gasteiger charge is 2.75. The van der Waals surface area contributed by atoms with Crippen LogP contribution in [0.1, 0.15) is 22.3 Å². The molecule has 6 rings (SSSR count). The van der Waals surface area contributed by atoms with Gasteiger partial charge in [-0.1, -0.05) is 30.3 Å². The predicted molar refractivity (Wildman–Crippen MR) is 132 cm³/mol. The van der Waals surface area contributed by atoms with Crippen molar-refractivity contribution in [2.75, 3.05) is 31.1 Å². The van der Waals surface area contributed by atoms with E-state index in [1.807, 2.05) is 0 Å². The molecule has 12 heteroatoms. The third kappa shape index (κ3) is 4.04. The smallest absolute Gasteiger partial charge is 0.359 e. The molecule has 0 aromatic heterocycles. The molecule has 0 saturated carbocycles. The first kappa shape index (κ1) is 27.6. The molecule has 0 bridgehead atoms. The topological polar surface area (TPSA) is 6.25 Å². The van der Waals surface area contributed by atoms with Crippen LogP contribution in [0.3, 0.4) is 0 Å². The van der Waals surface area contributed by atoms with Crippen LogP contribution in [0, 0.1) is 6.92 Å². The first-order valence-corrected chi connectivity index (χ1v) is 12.6. The lowest BCUT2D eigenvalue weighted by atomic mass is 9.61. The lowest BCUT2D eigenvalue weighted by Crippen LogP contribution is -2.58. The number of hydrogen-bond donors (Lipinski definition) is 0. The van der Waals surface area contributed by atoms with E-state index in [2.05, 4.69) is 0 Å². The second-order valence-electron chi connectivity index (χ2n) is 10.8. The van der Waals surface area contributed by atoms with Crippen LogP contribution < -0.4 is 4.90 Å². The molecule has 0 unspecified atom stereocenters. The van der Waals surface area contributed by atoms with Gasteiger partial charge in [-0.25, -0.2) is 13.4 Å². The third-order valence-electron chi connectivity index (χ3n) is 8.04. The summed E-state index contributed by atoms with van der Waals surface area (Å²) >= 11 is 0. The monoisotopic (exact) mass is 587 g/mol. The maximum atomic E-state index is 15.2. The van der Waals surface area contributed by atoms with Gasteiger partial charge in [-0.15, -0.1) is 0 Å². The van der Waals surface area contributed by atoms with Crippen LogP contribution in [-0.4, -0.2) is 60.7 Å². The van der Waals surface area contributed by atoms with Crippen LogP contribution >= 0.6 is 0 Å². The summed E-state index contributed by atoms with van der Waals surface area (Å²) in [5.74, 6) is -6.25. The lowest BCUT2D eigenvalue weighted by molar-refractivity contribution is -0.638. The number of alkyl halides is 10. The second kappa shape index (κ2) is 8.48. The molecule has 4 aliphatic rings. The maximum absolute atomic E-state index is 15.2. The Morgan fingerprint density at radius 3 is 1.98 bits per heavy atom. The molecule has 0 N–H and O–H groups in total. The summed E-state index contributed by atoms with van der Waals surface area (Å²) in [4.78, 5) is 1.01. The molecule has 41 heavy (non-hydrogen) atoms. The highest BCUT2D eigenvalue weighted by molar-refractivity contribution is 6.07. The molecule has 2 saturated heterocycles. The Morgan fingerprint density at radius 2 is 1.41 bits per heavy atom. The van der Waals surface area contributed by atoms with E-state index < -0.39 is 66.9 Å². The summed E-state index contributed by atoms with van der Waals surface area (Å²) in [6.07, 6.45) is -8.84. The second-order valence-corrected chi connectivity index (χ2v) is 10.8. The minimum absolute atomic E-state index is 0.0956. The minimum atomic E-state index is -5.94. The average molecular weight is 587 g/mol. The summed E-state index contributed by atoms with van der Waals surface area (Å²) in [7, 11) is 0. The van der Waals surface area contributed by atoms with E-state index in [1.165, 1.54) is 12.1 Å². The van der Waals surface area contributed by atoms with Crippen molar-refractivity contribution >= 4 is 17.0 Å². The van der Waals surface area contributed by atoms with Crippen LogP contribution in [0.2, 0.25) is 0 Å². The molecule has 0 atom stereocenters. The highest BCUT2D eigenvalue weighted by atomic mass is 19.4. The normalized spacial score (nSPS) is 22.5. The van der Waals surface area contributed by atoms with Gasteiger partial charge in [0.15, 0.2) is 0 Å². The Morgan fingerprint density at radius 1 is 0.780 bits per heavy atom. The maximum Gasteiger partial charge on any atom is 0.411 e. The van der Waals surface area contributed by atoms with Gasteiger partial charge in [0.25, 0.3) is 5.92 Å². The molecule has 2 aliphatic carbocycles. The molecule has 2 heterocycles. The molecule has 216 valence electrons. The van der Waals surface area contributed by atoms with E-state index in [0.717, 1.165) is 21.6 Å². The van der Waals surface area contributed by atoms with Gasteiger partial charge < -0.3 is 4.90 Å². The fraction of sp³-hybridized carbons (Fsp3) is 0.345. The molecular formula is C29H21F10N2+. The largest absolute Gasteiger partial charge is 0.411 e. The summed E-state index contributed by atoms with van der Waals surface area (Å²) in [5.41, 5.74) is -6.94. The zero-order valence-electron chi connectivity index (χ0n) is 21.3. The molecule has 0 radical (unpaired) electrons. The molecule has 2 aliphatic heterocycles. The van der Waals surface area contributed by atoms with Gasteiger partial charge in [0, 0.05) is 17.8 Å². The highest BCUT2D eigenvalue weighted by Crippen LogP contribution is 2.63. The van der Waals surface area contributed by atoms with E-state index in [1.54, 1.807) is 31.2 Å². The van der Waals surface area contributed by atoms with Gasteiger partial charge in [0.2, 0.25) is 24.2 Å². The summed E-state index contributed by atoms with van der Waals surface area (Å²) in [5, 5.41) is 0. The Kier molecular flexibility index (Phi) is 5.71. The number of nitrogens with zero attached hydrogens (tertiary/aromatic N) is 2. The van der Waals surface area contributed by atoms with Gasteiger partial charge in [0.1, 0.15) is 0 Å². The SMILES string of the molecule is Cc1ccccc1C1=C2C=CC(=[N+]3CC(F)(F)C3)C=C2C(C(F)(F)F)(C(F)(F)F)c2cc(N3CC(F)(F)C3)ccc21. The Bertz CT molecular complexity index is 1560. The van der Waals surface area contributed by atoms with E-state index in [0.29, 0.717) is 23.3 Å². The number of fused-ring (bicyclic) bond motifs is 2. The van der Waals surface area contributed by atoms with Crippen molar-refractivity contribution in [3.63, 3.8) is 0 Å². The van der Waals surface area contributed by atoms with Crippen LogP contribution in [0.15, 0.2) is 71.8 Å². The van der Waals surface area contributed by atoms with Crippen molar-refractivity contribution < 1.29 is 48.5 Å². The number of allylic oxidation sites excluding steroid dienone is 5. The first-order valence-electron chi connectivity index (χ1n) is 12.6. The van der Waals surface area contributed by atoms with E-state index >= 15 is 26.3 Å². The number of benzene rings is 2. The predicted octanol–water partition coefficient (Wildman–Crippen LogP) is 7.23. The quantitative estimate of drug-likeness (QED) is 0.266. The van der Waals surface area contributed by atoms with Crippen LogP contribution in [0.5, 0.6) is 0 Å². The molecule has 2 nitrogen and oxygen atoms in total. The van der Waals surface area contributed by atoms with Gasteiger partial charge in [-0.3, -0.25) is 0 Å². The Balaban J connectivity index is 1.71. The molecule has 0 amide bonds. The molecule has 0 spiro atoms. The van der Waals surface area contributed by atoms with E-state index in [-0.39, 0.29) is 28.1 Å². The fourth-order valence-electron chi connectivity index (χ4n) is 6.11. The minimum Gasteiger partial charge on any atom is -0.359 e. The van der Waals surface area contributed by atoms with E-state index in [4.69, 9.17) is 0 Å². The molecule has 2 aromatic rings. The fourth-order valence-corrected chi connectivity index (χ4v) is 6.11. The number of aryl methyl sites for hydroxylation is 1. The summed E-state index contributed by atoms with van der Waals surface area (Å²) in [6.45, 7) is -1.75. The molecular weight excluding hydrogens is 566 g/mol. The van der Waals surface area contributed by atoms with Crippen molar-refractivity contribution in [3.8, 4) is 0 Å². The van der Waals surface area contributed by atoms with Gasteiger partial charge in [-0.2, -0.15) is 35.1 Å². The van der Waals surface area contributed by atoms with E-state index in [9.17, 15) is 17.6 Å². The van der Waals surface area contributed by atoms with Crippen molar-refractivity contribution in [2.24, 2.45) is 0 Å². The number of halogens is 10. The number of hydrogen-bond acceptors (Lipinski definition) is 1. The van der Waals surface area contributed by atoms with Crippen LogP contribution in [0.4, 0.5) is 49.6 Å². The van der Waals surface area contributed by atoms with Crippen LogP contribution in [0.25, 0.3) is 5.57 Å². The zero-order valence-corrected chi connectivity index (χ0v) is 21.3. The van der Waals surface area contributed by atoms with Crippen molar-refractivity contribution in [1.82, 2.24) is 0 Å². The average Bonchev–Trinajstić information content (AvgIpc) is 2.82. The van der Waals surface area contributed by atoms with Crippen molar-refractivity contribution in [3.05, 3.63) is 94.1 Å². The van der Waals surface area contributed by atoms with Gasteiger partial charge in [0.05, 0.1) is 13.1 Å². The first-order chi connectivity index (χ1) is 19.0.